The van der Waals surface area contributed by atoms with Crippen LogP contribution in [-0.4, -0.2) is 21.3 Å². The highest BCUT2D eigenvalue weighted by atomic mass is 16.5. The van der Waals surface area contributed by atoms with E-state index < -0.39 is 0 Å². The van der Waals surface area contributed by atoms with E-state index in [2.05, 4.69) is 6.07 Å². The van der Waals surface area contributed by atoms with Gasteiger partial charge in [-0.3, -0.25) is 0 Å². The molecule has 0 N–H and O–H groups in total. The topological polar surface area (TPSA) is 51.5 Å². The lowest BCUT2D eigenvalue weighted by Gasteiger charge is -2.16. The summed E-state index contributed by atoms with van der Waals surface area (Å²) in [5.74, 6) is 1.33. The number of hydrogen-bond acceptors (Lipinski definition) is 4. The Morgan fingerprint density at radius 2 is 1.55 bits per heavy atom. The average molecular weight is 269 g/mol. The van der Waals surface area contributed by atoms with E-state index in [-0.39, 0.29) is 0 Å². The van der Waals surface area contributed by atoms with E-state index in [4.69, 9.17) is 14.2 Å². The molecule has 4 nitrogen and oxygen atoms in total. The molecule has 0 aliphatic carbocycles. The van der Waals surface area contributed by atoms with Crippen LogP contribution in [0.4, 0.5) is 0 Å². The maximum absolute atomic E-state index is 9.45. The molecule has 0 heterocycles. The van der Waals surface area contributed by atoms with Gasteiger partial charge in [0.2, 0.25) is 5.75 Å². The molecule has 0 aromatic heterocycles. The highest BCUT2D eigenvalue weighted by Crippen LogP contribution is 2.44. The monoisotopic (exact) mass is 269 g/mol. The van der Waals surface area contributed by atoms with Crippen molar-refractivity contribution in [3.8, 4) is 34.4 Å². The molecule has 0 spiro atoms. The predicted octanol–water partition coefficient (Wildman–Crippen LogP) is 3.25. The Morgan fingerprint density at radius 1 is 0.900 bits per heavy atom. The van der Waals surface area contributed by atoms with Crippen molar-refractivity contribution in [2.75, 3.05) is 21.3 Å². The Balaban J connectivity index is 2.79. The maximum Gasteiger partial charge on any atom is 0.204 e. The molecule has 0 amide bonds. The van der Waals surface area contributed by atoms with E-state index in [0.717, 1.165) is 11.1 Å². The molecule has 4 heteroatoms. The lowest BCUT2D eigenvalue weighted by atomic mass is 9.98. The van der Waals surface area contributed by atoms with Crippen LogP contribution in [-0.2, 0) is 0 Å². The lowest BCUT2D eigenvalue weighted by Crippen LogP contribution is -1.99. The van der Waals surface area contributed by atoms with Crippen molar-refractivity contribution >= 4 is 0 Å². The summed E-state index contributed by atoms with van der Waals surface area (Å²) in [7, 11) is 4.58. The van der Waals surface area contributed by atoms with E-state index in [1.54, 1.807) is 13.2 Å². The molecule has 0 bridgehead atoms. The van der Waals surface area contributed by atoms with Gasteiger partial charge < -0.3 is 14.2 Å². The second-order valence-corrected chi connectivity index (χ2v) is 4.05. The van der Waals surface area contributed by atoms with E-state index in [9.17, 15) is 5.26 Å². The van der Waals surface area contributed by atoms with Crippen molar-refractivity contribution in [2.24, 2.45) is 0 Å². The van der Waals surface area contributed by atoms with Gasteiger partial charge >= 0.3 is 0 Å². The van der Waals surface area contributed by atoms with Crippen molar-refractivity contribution in [2.45, 2.75) is 0 Å². The largest absolute Gasteiger partial charge is 0.493 e. The fraction of sp³-hybridized carbons (Fsp3) is 0.188. The molecule has 20 heavy (non-hydrogen) atoms. The minimum absolute atomic E-state index is 0.383. The zero-order valence-electron chi connectivity index (χ0n) is 11.6. The van der Waals surface area contributed by atoms with Gasteiger partial charge in [0.1, 0.15) is 11.6 Å². The van der Waals surface area contributed by atoms with Gasteiger partial charge in [-0.05, 0) is 11.6 Å². The third kappa shape index (κ3) is 2.26. The van der Waals surface area contributed by atoms with E-state index >= 15 is 0 Å². The molecule has 0 aliphatic heterocycles. The van der Waals surface area contributed by atoms with Crippen molar-refractivity contribution in [1.29, 1.82) is 5.26 Å². The first-order valence-corrected chi connectivity index (χ1v) is 6.05. The summed E-state index contributed by atoms with van der Waals surface area (Å²) in [5, 5.41) is 9.45. The minimum Gasteiger partial charge on any atom is -0.493 e. The zero-order valence-corrected chi connectivity index (χ0v) is 11.6. The quantitative estimate of drug-likeness (QED) is 0.855. The Morgan fingerprint density at radius 3 is 2.05 bits per heavy atom. The van der Waals surface area contributed by atoms with Crippen LogP contribution in [0.5, 0.6) is 17.2 Å². The number of hydrogen-bond donors (Lipinski definition) is 0. The predicted molar refractivity (Wildman–Crippen MR) is 76.2 cm³/mol. The van der Waals surface area contributed by atoms with Gasteiger partial charge in [0, 0.05) is 5.56 Å². The first-order chi connectivity index (χ1) is 9.76. The second kappa shape index (κ2) is 5.98. The molecular weight excluding hydrogens is 254 g/mol. The summed E-state index contributed by atoms with van der Waals surface area (Å²) < 4.78 is 16.0. The third-order valence-corrected chi connectivity index (χ3v) is 3.03. The highest BCUT2D eigenvalue weighted by Gasteiger charge is 2.21. The molecule has 2 aromatic rings. The summed E-state index contributed by atoms with van der Waals surface area (Å²) in [6.07, 6.45) is 0. The first-order valence-electron chi connectivity index (χ1n) is 6.05. The molecule has 0 radical (unpaired) electrons. The van der Waals surface area contributed by atoms with Crippen LogP contribution in [0.3, 0.4) is 0 Å². The summed E-state index contributed by atoms with van der Waals surface area (Å²) in [6.45, 7) is 0. The highest BCUT2D eigenvalue weighted by molar-refractivity contribution is 5.79. The molecule has 102 valence electrons. The molecule has 0 unspecified atom stereocenters. The molecule has 0 atom stereocenters. The molecule has 0 saturated carbocycles. The van der Waals surface area contributed by atoms with Crippen LogP contribution in [0.1, 0.15) is 5.56 Å². The van der Waals surface area contributed by atoms with E-state index in [1.807, 2.05) is 30.3 Å². The van der Waals surface area contributed by atoms with Crippen LogP contribution in [0, 0.1) is 11.3 Å². The second-order valence-electron chi connectivity index (χ2n) is 4.05. The summed E-state index contributed by atoms with van der Waals surface area (Å²) in [6, 6.07) is 13.6. The van der Waals surface area contributed by atoms with Gasteiger partial charge in [-0.2, -0.15) is 5.26 Å². The van der Waals surface area contributed by atoms with Crippen molar-refractivity contribution in [3.05, 3.63) is 42.0 Å². The molecule has 2 rings (SSSR count). The summed E-state index contributed by atoms with van der Waals surface area (Å²) in [4.78, 5) is 0. The number of methoxy groups -OCH3 is 3. The van der Waals surface area contributed by atoms with Gasteiger partial charge in [0.15, 0.2) is 11.5 Å². The molecule has 2 aromatic carbocycles. The SMILES string of the molecule is COc1cc(-c2ccccc2)c(C#N)c(OC)c1OC. The van der Waals surface area contributed by atoms with Crippen LogP contribution < -0.4 is 14.2 Å². The summed E-state index contributed by atoms with van der Waals surface area (Å²) in [5.41, 5.74) is 2.10. The van der Waals surface area contributed by atoms with Crippen LogP contribution >= 0.6 is 0 Å². The fourth-order valence-electron chi connectivity index (χ4n) is 2.11. The zero-order chi connectivity index (χ0) is 14.5. The standard InChI is InChI=1S/C16H15NO3/c1-18-14-9-12(11-7-5-4-6-8-11)13(10-17)15(19-2)16(14)20-3/h4-9H,1-3H3. The number of nitriles is 1. The van der Waals surface area contributed by atoms with Crippen molar-refractivity contribution in [3.63, 3.8) is 0 Å². The number of benzene rings is 2. The number of nitrogens with zero attached hydrogens (tertiary/aromatic N) is 1. The lowest BCUT2D eigenvalue weighted by molar-refractivity contribution is 0.324. The van der Waals surface area contributed by atoms with Gasteiger partial charge in [-0.15, -0.1) is 0 Å². The van der Waals surface area contributed by atoms with Crippen molar-refractivity contribution < 1.29 is 14.2 Å². The normalized spacial score (nSPS) is 9.70. The maximum atomic E-state index is 9.45. The fourth-order valence-corrected chi connectivity index (χ4v) is 2.11. The molecular formula is C16H15NO3. The van der Waals surface area contributed by atoms with Crippen LogP contribution in [0.2, 0.25) is 0 Å². The van der Waals surface area contributed by atoms with Crippen LogP contribution in [0.25, 0.3) is 11.1 Å². The Labute approximate surface area is 118 Å². The van der Waals surface area contributed by atoms with Crippen LogP contribution in [0.15, 0.2) is 36.4 Å². The Kier molecular flexibility index (Phi) is 4.11. The van der Waals surface area contributed by atoms with Crippen molar-refractivity contribution in [1.82, 2.24) is 0 Å². The van der Waals surface area contributed by atoms with E-state index in [1.165, 1.54) is 14.2 Å². The molecule has 0 saturated heterocycles. The third-order valence-electron chi connectivity index (χ3n) is 3.03. The van der Waals surface area contributed by atoms with Gasteiger partial charge in [-0.25, -0.2) is 0 Å². The smallest absolute Gasteiger partial charge is 0.204 e. The number of ether oxygens (including phenoxy) is 3. The summed E-state index contributed by atoms with van der Waals surface area (Å²) >= 11 is 0. The average Bonchev–Trinajstić information content (AvgIpc) is 2.53. The minimum atomic E-state index is 0.383. The van der Waals surface area contributed by atoms with Gasteiger partial charge in [-0.1, -0.05) is 30.3 Å². The molecule has 0 fully saturated rings. The van der Waals surface area contributed by atoms with Gasteiger partial charge in [0.25, 0.3) is 0 Å². The Bertz CT molecular complexity index is 645. The number of rotatable bonds is 4. The first kappa shape index (κ1) is 13.8. The molecule has 0 aliphatic rings. The van der Waals surface area contributed by atoms with Gasteiger partial charge in [0.05, 0.1) is 21.3 Å². The van der Waals surface area contributed by atoms with E-state index in [0.29, 0.717) is 22.8 Å². The Hall–Kier alpha value is -2.67.